The number of anilines is 1. The molecule has 1 fully saturated rings. The second-order valence-corrected chi connectivity index (χ2v) is 6.97. The minimum Gasteiger partial charge on any atom is -0.494 e. The van der Waals surface area contributed by atoms with E-state index < -0.39 is 5.41 Å². The fourth-order valence-electron chi connectivity index (χ4n) is 4.06. The fraction of sp³-hybridized carbons (Fsp3) is 0.273. The molecule has 2 aromatic carbocycles. The maximum Gasteiger partial charge on any atom is 0.235 e. The molecule has 0 bridgehead atoms. The lowest BCUT2D eigenvalue weighted by molar-refractivity contribution is -0.121. The van der Waals surface area contributed by atoms with Crippen LogP contribution in [-0.2, 0) is 10.2 Å². The molecule has 0 aliphatic heterocycles. The monoisotopic (exact) mass is 364 g/mol. The number of benzene rings is 2. The quantitative estimate of drug-likeness (QED) is 0.721. The average molecular weight is 364 g/mol. The lowest BCUT2D eigenvalue weighted by atomic mass is 9.78. The summed E-state index contributed by atoms with van der Waals surface area (Å²) >= 11 is 0. The summed E-state index contributed by atoms with van der Waals surface area (Å²) in [5.74, 6) is 0.319. The zero-order valence-corrected chi connectivity index (χ0v) is 15.2. The van der Waals surface area contributed by atoms with E-state index in [0.29, 0.717) is 17.0 Å². The molecular formula is C22H21FN2O2. The molecule has 1 aromatic heterocycles. The number of halogens is 1. The van der Waals surface area contributed by atoms with Crippen LogP contribution in [-0.4, -0.2) is 18.0 Å². The van der Waals surface area contributed by atoms with Gasteiger partial charge in [0.2, 0.25) is 5.91 Å². The summed E-state index contributed by atoms with van der Waals surface area (Å²) in [5, 5.41) is 3.93. The lowest BCUT2D eigenvalue weighted by Crippen LogP contribution is -2.38. The number of carbonyl (C=O) groups excluding carboxylic acids is 1. The van der Waals surface area contributed by atoms with Crippen molar-refractivity contribution >= 4 is 22.5 Å². The van der Waals surface area contributed by atoms with Crippen molar-refractivity contribution < 1.29 is 13.9 Å². The highest BCUT2D eigenvalue weighted by molar-refractivity contribution is 6.06. The van der Waals surface area contributed by atoms with Gasteiger partial charge in [-0.25, -0.2) is 4.39 Å². The van der Waals surface area contributed by atoms with E-state index in [1.54, 1.807) is 25.4 Å². The van der Waals surface area contributed by atoms with Gasteiger partial charge in [0.15, 0.2) is 0 Å². The molecule has 138 valence electrons. The normalized spacial score (nSPS) is 15.6. The molecule has 0 saturated heterocycles. The van der Waals surface area contributed by atoms with Gasteiger partial charge in [0.05, 0.1) is 18.2 Å². The van der Waals surface area contributed by atoms with Crippen LogP contribution >= 0.6 is 0 Å². The largest absolute Gasteiger partial charge is 0.494 e. The Kier molecular flexibility index (Phi) is 4.52. The molecule has 0 unspecified atom stereocenters. The Labute approximate surface area is 157 Å². The minimum atomic E-state index is -0.623. The summed E-state index contributed by atoms with van der Waals surface area (Å²) in [6.07, 6.45) is 5.19. The number of rotatable bonds is 4. The molecule has 3 aromatic rings. The number of hydrogen-bond donors (Lipinski definition) is 1. The number of fused-ring (bicyclic) bond motifs is 1. The number of carbonyl (C=O) groups is 1. The summed E-state index contributed by atoms with van der Waals surface area (Å²) in [6, 6.07) is 13.7. The summed E-state index contributed by atoms with van der Waals surface area (Å²) in [5.41, 5.74) is 1.66. The lowest BCUT2D eigenvalue weighted by Gasteiger charge is -2.28. The zero-order chi connectivity index (χ0) is 18.9. The molecule has 1 saturated carbocycles. The third-order valence-electron chi connectivity index (χ3n) is 5.49. The number of amides is 1. The van der Waals surface area contributed by atoms with E-state index in [-0.39, 0.29) is 11.7 Å². The number of methoxy groups -OCH3 is 1. The number of pyridine rings is 1. The van der Waals surface area contributed by atoms with Crippen LogP contribution in [0.5, 0.6) is 5.75 Å². The number of nitrogens with one attached hydrogen (secondary N) is 1. The van der Waals surface area contributed by atoms with Crippen LogP contribution in [0, 0.1) is 5.82 Å². The van der Waals surface area contributed by atoms with Crippen LogP contribution in [0.4, 0.5) is 10.1 Å². The SMILES string of the molecule is COc1ccc(NC(=O)C2(c3ccc(F)cc3)CCCC2)c2cccnc12. The van der Waals surface area contributed by atoms with Gasteiger partial charge in [0.1, 0.15) is 17.1 Å². The first-order valence-corrected chi connectivity index (χ1v) is 9.13. The smallest absolute Gasteiger partial charge is 0.235 e. The summed E-state index contributed by atoms with van der Waals surface area (Å²) in [6.45, 7) is 0. The molecular weight excluding hydrogens is 343 g/mol. The highest BCUT2D eigenvalue weighted by Gasteiger charge is 2.42. The van der Waals surface area contributed by atoms with Crippen LogP contribution in [0.1, 0.15) is 31.2 Å². The molecule has 1 heterocycles. The zero-order valence-electron chi connectivity index (χ0n) is 15.2. The van der Waals surface area contributed by atoms with Gasteiger partial charge in [-0.1, -0.05) is 25.0 Å². The molecule has 27 heavy (non-hydrogen) atoms. The highest BCUT2D eigenvalue weighted by Crippen LogP contribution is 2.42. The average Bonchev–Trinajstić information content (AvgIpc) is 3.20. The van der Waals surface area contributed by atoms with Gasteiger partial charge in [0.25, 0.3) is 0 Å². The maximum absolute atomic E-state index is 13.4. The standard InChI is InChI=1S/C22H21FN2O2/c1-27-19-11-10-18(17-5-4-14-24-20(17)19)25-21(26)22(12-2-3-13-22)15-6-8-16(23)9-7-15/h4-11,14H,2-3,12-13H2,1H3,(H,25,26). The van der Waals surface area contributed by atoms with E-state index in [4.69, 9.17) is 4.74 Å². The van der Waals surface area contributed by atoms with E-state index in [2.05, 4.69) is 10.3 Å². The first kappa shape index (κ1) is 17.5. The van der Waals surface area contributed by atoms with Gasteiger partial charge in [-0.05, 0) is 54.8 Å². The predicted molar refractivity (Wildman–Crippen MR) is 103 cm³/mol. The van der Waals surface area contributed by atoms with Crippen molar-refractivity contribution in [2.75, 3.05) is 12.4 Å². The molecule has 1 aliphatic carbocycles. The van der Waals surface area contributed by atoms with E-state index in [1.807, 2.05) is 24.3 Å². The highest BCUT2D eigenvalue weighted by atomic mass is 19.1. The molecule has 0 atom stereocenters. The second-order valence-electron chi connectivity index (χ2n) is 6.97. The van der Waals surface area contributed by atoms with Crippen LogP contribution in [0.2, 0.25) is 0 Å². The van der Waals surface area contributed by atoms with Gasteiger partial charge in [-0.2, -0.15) is 0 Å². The summed E-state index contributed by atoms with van der Waals surface area (Å²) in [4.78, 5) is 17.7. The predicted octanol–water partition coefficient (Wildman–Crippen LogP) is 4.83. The van der Waals surface area contributed by atoms with E-state index in [9.17, 15) is 9.18 Å². The van der Waals surface area contributed by atoms with Gasteiger partial charge in [0, 0.05) is 11.6 Å². The van der Waals surface area contributed by atoms with Gasteiger partial charge in [-0.3, -0.25) is 9.78 Å². The van der Waals surface area contributed by atoms with Crippen molar-refractivity contribution in [3.63, 3.8) is 0 Å². The summed E-state index contributed by atoms with van der Waals surface area (Å²) in [7, 11) is 1.60. The Balaban J connectivity index is 1.72. The van der Waals surface area contributed by atoms with Crippen LogP contribution < -0.4 is 10.1 Å². The van der Waals surface area contributed by atoms with Crippen LogP contribution in [0.15, 0.2) is 54.7 Å². The van der Waals surface area contributed by atoms with Gasteiger partial charge in [-0.15, -0.1) is 0 Å². The van der Waals surface area contributed by atoms with E-state index in [0.717, 1.165) is 36.6 Å². The Morgan fingerprint density at radius 1 is 1.11 bits per heavy atom. The number of ether oxygens (including phenoxy) is 1. The van der Waals surface area contributed by atoms with Crippen molar-refractivity contribution in [3.05, 3.63) is 66.1 Å². The third-order valence-corrected chi connectivity index (χ3v) is 5.49. The van der Waals surface area contributed by atoms with E-state index >= 15 is 0 Å². The Hall–Kier alpha value is -2.95. The number of aromatic nitrogens is 1. The van der Waals surface area contributed by atoms with Crippen molar-refractivity contribution in [2.45, 2.75) is 31.1 Å². The molecule has 0 radical (unpaired) electrons. The minimum absolute atomic E-state index is 0.0538. The molecule has 4 nitrogen and oxygen atoms in total. The second kappa shape index (κ2) is 6.99. The number of nitrogens with zero attached hydrogens (tertiary/aromatic N) is 1. The fourth-order valence-corrected chi connectivity index (χ4v) is 4.06. The molecule has 5 heteroatoms. The van der Waals surface area contributed by atoms with Crippen molar-refractivity contribution in [1.29, 1.82) is 0 Å². The van der Waals surface area contributed by atoms with Crippen molar-refractivity contribution in [1.82, 2.24) is 4.98 Å². The van der Waals surface area contributed by atoms with E-state index in [1.165, 1.54) is 12.1 Å². The molecule has 4 rings (SSSR count). The van der Waals surface area contributed by atoms with Gasteiger partial charge < -0.3 is 10.1 Å². The number of hydrogen-bond acceptors (Lipinski definition) is 3. The first-order valence-electron chi connectivity index (χ1n) is 9.13. The molecule has 1 aliphatic rings. The molecule has 0 spiro atoms. The Morgan fingerprint density at radius 3 is 2.56 bits per heavy atom. The molecule has 1 amide bonds. The van der Waals surface area contributed by atoms with Crippen molar-refractivity contribution in [3.8, 4) is 5.75 Å². The first-order chi connectivity index (χ1) is 13.1. The van der Waals surface area contributed by atoms with Crippen LogP contribution in [0.3, 0.4) is 0 Å². The summed E-state index contributed by atoms with van der Waals surface area (Å²) < 4.78 is 18.7. The molecule has 1 N–H and O–H groups in total. The van der Waals surface area contributed by atoms with Gasteiger partial charge >= 0.3 is 0 Å². The van der Waals surface area contributed by atoms with Crippen LogP contribution in [0.25, 0.3) is 10.9 Å². The van der Waals surface area contributed by atoms with Crippen molar-refractivity contribution in [2.24, 2.45) is 0 Å². The Bertz CT molecular complexity index is 979. The topological polar surface area (TPSA) is 51.2 Å². The Morgan fingerprint density at radius 2 is 1.85 bits per heavy atom. The maximum atomic E-state index is 13.4. The third kappa shape index (κ3) is 3.03.